The summed E-state index contributed by atoms with van der Waals surface area (Å²) in [6, 6.07) is 4.52. The second-order valence-corrected chi connectivity index (χ2v) is 4.07. The predicted octanol–water partition coefficient (Wildman–Crippen LogP) is 3.04. The van der Waals surface area contributed by atoms with Gasteiger partial charge in [0, 0.05) is 14.1 Å². The van der Waals surface area contributed by atoms with Crippen molar-refractivity contribution in [2.45, 2.75) is 0 Å². The zero-order valence-corrected chi connectivity index (χ0v) is 10.7. The van der Waals surface area contributed by atoms with Crippen molar-refractivity contribution in [3.63, 3.8) is 0 Å². The minimum absolute atomic E-state index is 0.305. The zero-order valence-electron chi connectivity index (χ0n) is 9.20. The van der Waals surface area contributed by atoms with Crippen LogP contribution >= 0.6 is 23.2 Å². The molecule has 1 aromatic rings. The smallest absolute Gasteiger partial charge is 0.329 e. The number of urea groups is 1. The van der Waals surface area contributed by atoms with E-state index in [1.54, 1.807) is 32.3 Å². The molecule has 0 atom stereocenters. The molecular formula is C10H12Cl2N2O2. The van der Waals surface area contributed by atoms with Crippen LogP contribution in [-0.2, 0) is 4.84 Å². The molecule has 4 nitrogen and oxygen atoms in total. The van der Waals surface area contributed by atoms with Crippen LogP contribution in [0, 0.1) is 0 Å². The van der Waals surface area contributed by atoms with Crippen LogP contribution in [0.15, 0.2) is 18.2 Å². The normalized spacial score (nSPS) is 10.1. The van der Waals surface area contributed by atoms with Gasteiger partial charge in [-0.25, -0.2) is 4.79 Å². The molecule has 16 heavy (non-hydrogen) atoms. The molecule has 0 aliphatic heterocycles. The van der Waals surface area contributed by atoms with Crippen molar-refractivity contribution in [3.05, 3.63) is 28.2 Å². The molecule has 0 saturated carbocycles. The molecule has 0 bridgehead atoms. The minimum atomic E-state index is -0.305. The summed E-state index contributed by atoms with van der Waals surface area (Å²) in [6.07, 6.45) is 0. The first kappa shape index (κ1) is 13.1. The Labute approximate surface area is 104 Å². The summed E-state index contributed by atoms with van der Waals surface area (Å²) < 4.78 is 0. The van der Waals surface area contributed by atoms with Gasteiger partial charge in [0.1, 0.15) is 0 Å². The largest absolute Gasteiger partial charge is 0.348 e. The van der Waals surface area contributed by atoms with Gasteiger partial charge in [0.25, 0.3) is 0 Å². The van der Waals surface area contributed by atoms with Crippen molar-refractivity contribution in [3.8, 4) is 0 Å². The van der Waals surface area contributed by atoms with Gasteiger partial charge in [0.15, 0.2) is 0 Å². The summed E-state index contributed by atoms with van der Waals surface area (Å²) in [6.45, 7) is 0. The van der Waals surface area contributed by atoms with Crippen LogP contribution in [-0.4, -0.2) is 32.1 Å². The SMILES string of the molecule is CON(C(=O)N(C)C)c1ccc(Cl)c(Cl)c1. The highest BCUT2D eigenvalue weighted by molar-refractivity contribution is 6.42. The fourth-order valence-electron chi connectivity index (χ4n) is 1.09. The lowest BCUT2D eigenvalue weighted by atomic mass is 10.3. The Morgan fingerprint density at radius 2 is 1.88 bits per heavy atom. The van der Waals surface area contributed by atoms with E-state index in [2.05, 4.69) is 0 Å². The van der Waals surface area contributed by atoms with Crippen LogP contribution in [0.2, 0.25) is 10.0 Å². The van der Waals surface area contributed by atoms with Crippen molar-refractivity contribution >= 4 is 34.9 Å². The number of rotatable bonds is 2. The molecule has 0 fully saturated rings. The first-order valence-electron chi connectivity index (χ1n) is 4.48. The van der Waals surface area contributed by atoms with Crippen molar-refractivity contribution in [1.29, 1.82) is 0 Å². The van der Waals surface area contributed by atoms with Gasteiger partial charge in [-0.15, -0.1) is 0 Å². The Kier molecular flexibility index (Phi) is 4.41. The van der Waals surface area contributed by atoms with E-state index in [4.69, 9.17) is 28.0 Å². The lowest BCUT2D eigenvalue weighted by Crippen LogP contribution is -2.38. The van der Waals surface area contributed by atoms with Crippen molar-refractivity contribution in [2.24, 2.45) is 0 Å². The van der Waals surface area contributed by atoms with E-state index in [0.717, 1.165) is 5.06 Å². The molecule has 0 heterocycles. The summed E-state index contributed by atoms with van der Waals surface area (Å²) in [4.78, 5) is 18.1. The molecule has 0 N–H and O–H groups in total. The summed E-state index contributed by atoms with van der Waals surface area (Å²) in [7, 11) is 4.67. The van der Waals surface area contributed by atoms with Crippen LogP contribution in [0.5, 0.6) is 0 Å². The van der Waals surface area contributed by atoms with Crippen LogP contribution in [0.4, 0.5) is 10.5 Å². The number of carbonyl (C=O) groups excluding carboxylic acids is 1. The average Bonchev–Trinajstić information content (AvgIpc) is 2.24. The molecule has 0 aliphatic rings. The first-order valence-corrected chi connectivity index (χ1v) is 5.23. The predicted molar refractivity (Wildman–Crippen MR) is 65.0 cm³/mol. The molecule has 88 valence electrons. The molecule has 0 spiro atoms. The average molecular weight is 263 g/mol. The number of nitrogens with zero attached hydrogens (tertiary/aromatic N) is 2. The van der Waals surface area contributed by atoms with Crippen molar-refractivity contribution in [2.75, 3.05) is 26.3 Å². The number of hydrogen-bond donors (Lipinski definition) is 0. The number of hydroxylamine groups is 1. The number of carbonyl (C=O) groups is 1. The third-order valence-electron chi connectivity index (χ3n) is 1.88. The quantitative estimate of drug-likeness (QED) is 0.768. The number of benzene rings is 1. The molecule has 6 heteroatoms. The molecule has 0 saturated heterocycles. The molecular weight excluding hydrogens is 251 g/mol. The van der Waals surface area contributed by atoms with Gasteiger partial charge in [0.2, 0.25) is 0 Å². The molecule has 0 unspecified atom stereocenters. The number of amides is 2. The maximum Gasteiger partial charge on any atom is 0.348 e. The molecule has 0 radical (unpaired) electrons. The summed E-state index contributed by atoms with van der Waals surface area (Å²) >= 11 is 11.6. The van der Waals surface area contributed by atoms with E-state index >= 15 is 0 Å². The molecule has 2 amide bonds. The lowest BCUT2D eigenvalue weighted by molar-refractivity contribution is 0.147. The maximum absolute atomic E-state index is 11.7. The Morgan fingerprint density at radius 1 is 1.25 bits per heavy atom. The highest BCUT2D eigenvalue weighted by atomic mass is 35.5. The van der Waals surface area contributed by atoms with Crippen molar-refractivity contribution in [1.82, 2.24) is 4.90 Å². The highest BCUT2D eigenvalue weighted by Gasteiger charge is 2.18. The van der Waals surface area contributed by atoms with Crippen LogP contribution in [0.1, 0.15) is 0 Å². The number of anilines is 1. The van der Waals surface area contributed by atoms with Crippen LogP contribution in [0.3, 0.4) is 0 Å². The topological polar surface area (TPSA) is 32.8 Å². The van der Waals surface area contributed by atoms with E-state index in [1.165, 1.54) is 12.0 Å². The first-order chi connectivity index (χ1) is 7.47. The molecule has 1 aromatic carbocycles. The van der Waals surface area contributed by atoms with Gasteiger partial charge in [-0.3, -0.25) is 4.84 Å². The lowest BCUT2D eigenvalue weighted by Gasteiger charge is -2.23. The Bertz CT molecular complexity index is 396. The van der Waals surface area contributed by atoms with Crippen molar-refractivity contribution < 1.29 is 9.63 Å². The molecule has 1 rings (SSSR count). The Balaban J connectivity index is 3.04. The monoisotopic (exact) mass is 262 g/mol. The fourth-order valence-corrected chi connectivity index (χ4v) is 1.38. The maximum atomic E-state index is 11.7. The fraction of sp³-hybridized carbons (Fsp3) is 0.300. The summed E-state index contributed by atoms with van der Waals surface area (Å²) in [5, 5.41) is 1.92. The second kappa shape index (κ2) is 5.39. The van der Waals surface area contributed by atoms with Gasteiger partial charge in [-0.1, -0.05) is 23.2 Å². The van der Waals surface area contributed by atoms with E-state index < -0.39 is 0 Å². The van der Waals surface area contributed by atoms with Gasteiger partial charge in [0.05, 0.1) is 22.8 Å². The zero-order chi connectivity index (χ0) is 12.3. The summed E-state index contributed by atoms with van der Waals surface area (Å²) in [5.74, 6) is 0. The minimum Gasteiger partial charge on any atom is -0.329 e. The van der Waals surface area contributed by atoms with Gasteiger partial charge >= 0.3 is 6.03 Å². The number of hydrogen-bond acceptors (Lipinski definition) is 2. The molecule has 0 aromatic heterocycles. The van der Waals surface area contributed by atoms with E-state index in [-0.39, 0.29) is 6.03 Å². The Hall–Kier alpha value is -0.970. The van der Waals surface area contributed by atoms with E-state index in [0.29, 0.717) is 15.7 Å². The third-order valence-corrected chi connectivity index (χ3v) is 2.62. The standard InChI is InChI=1S/C10H12Cl2N2O2/c1-13(2)10(15)14(16-3)7-4-5-8(11)9(12)6-7/h4-6H,1-3H3. The number of halogens is 2. The summed E-state index contributed by atoms with van der Waals surface area (Å²) in [5.41, 5.74) is 0.524. The van der Waals surface area contributed by atoms with Crippen LogP contribution in [0.25, 0.3) is 0 Å². The van der Waals surface area contributed by atoms with Gasteiger partial charge in [-0.05, 0) is 18.2 Å². The van der Waals surface area contributed by atoms with E-state index in [9.17, 15) is 4.79 Å². The van der Waals surface area contributed by atoms with Gasteiger partial charge < -0.3 is 4.90 Å². The molecule has 0 aliphatic carbocycles. The Morgan fingerprint density at radius 3 is 2.31 bits per heavy atom. The highest BCUT2D eigenvalue weighted by Crippen LogP contribution is 2.27. The second-order valence-electron chi connectivity index (χ2n) is 3.25. The van der Waals surface area contributed by atoms with Crippen LogP contribution < -0.4 is 5.06 Å². The van der Waals surface area contributed by atoms with Gasteiger partial charge in [-0.2, -0.15) is 5.06 Å². The third kappa shape index (κ3) is 2.78. The van der Waals surface area contributed by atoms with E-state index in [1.807, 2.05) is 0 Å².